The van der Waals surface area contributed by atoms with E-state index in [9.17, 15) is 4.39 Å². The van der Waals surface area contributed by atoms with Crippen LogP contribution in [-0.4, -0.2) is 0 Å². The van der Waals surface area contributed by atoms with Crippen LogP contribution >= 0.6 is 0 Å². The van der Waals surface area contributed by atoms with Gasteiger partial charge < -0.3 is 0 Å². The second kappa shape index (κ2) is 2.69. The van der Waals surface area contributed by atoms with E-state index in [-0.39, 0.29) is 5.56 Å². The van der Waals surface area contributed by atoms with Crippen LogP contribution in [0.4, 0.5) is 4.39 Å². The van der Waals surface area contributed by atoms with Crippen molar-refractivity contribution in [1.82, 2.24) is 0 Å². The largest absolute Gasteiger partial charge is 0.283 e. The number of hydrogen-bond acceptors (Lipinski definition) is 2. The lowest BCUT2D eigenvalue weighted by atomic mass is 10.1. The van der Waals surface area contributed by atoms with E-state index < -0.39 is 5.79 Å². The predicted molar refractivity (Wildman–Crippen MR) is 39.0 cm³/mol. The Labute approximate surface area is 64.1 Å². The first kappa shape index (κ1) is 7.70. The van der Waals surface area contributed by atoms with Crippen LogP contribution in [0.5, 0.6) is 0 Å². The monoisotopic (exact) mass is 150 g/mol. The summed E-state index contributed by atoms with van der Waals surface area (Å²) in [5.41, 5.74) is 5.19. The molecule has 0 amide bonds. The second-order valence-corrected chi connectivity index (χ2v) is 2.19. The normalized spacial score (nSPS) is 15.0. The Hall–Kier alpha value is -1.40. The summed E-state index contributed by atoms with van der Waals surface area (Å²) < 4.78 is 13.0. The molecule has 3 heteroatoms. The van der Waals surface area contributed by atoms with Gasteiger partial charge in [-0.25, -0.2) is 4.39 Å². The first-order valence-electron chi connectivity index (χ1n) is 3.11. The minimum absolute atomic E-state index is 0.183. The molecule has 0 fully saturated rings. The molecule has 0 saturated heterocycles. The molecule has 0 bridgehead atoms. The summed E-state index contributed by atoms with van der Waals surface area (Å²) in [6, 6.07) is 9.32. The van der Waals surface area contributed by atoms with Crippen molar-refractivity contribution in [3.8, 4) is 6.07 Å². The van der Waals surface area contributed by atoms with Gasteiger partial charge in [0.25, 0.3) is 5.79 Å². The SMILES string of the molecule is N#CC(N)(F)c1ccccc1. The molecule has 1 aromatic rings. The molecule has 1 atom stereocenters. The minimum Gasteiger partial charge on any atom is -0.283 e. The van der Waals surface area contributed by atoms with Crippen molar-refractivity contribution in [2.75, 3.05) is 0 Å². The molecular weight excluding hydrogens is 143 g/mol. The lowest BCUT2D eigenvalue weighted by molar-refractivity contribution is 0.255. The average Bonchev–Trinajstić information content (AvgIpc) is 2.06. The van der Waals surface area contributed by atoms with E-state index in [1.54, 1.807) is 18.2 Å². The first-order valence-corrected chi connectivity index (χ1v) is 3.11. The maximum atomic E-state index is 13.0. The maximum Gasteiger partial charge on any atom is 0.271 e. The van der Waals surface area contributed by atoms with Crippen LogP contribution in [0.2, 0.25) is 0 Å². The highest BCUT2D eigenvalue weighted by atomic mass is 19.1. The smallest absolute Gasteiger partial charge is 0.271 e. The van der Waals surface area contributed by atoms with E-state index in [0.717, 1.165) is 0 Å². The van der Waals surface area contributed by atoms with Crippen LogP contribution in [-0.2, 0) is 5.79 Å². The quantitative estimate of drug-likeness (QED) is 0.613. The fourth-order valence-corrected chi connectivity index (χ4v) is 0.745. The third kappa shape index (κ3) is 1.54. The predicted octanol–water partition coefficient (Wildman–Crippen LogP) is 1.29. The van der Waals surface area contributed by atoms with Gasteiger partial charge in [0.05, 0.1) is 0 Å². The summed E-state index contributed by atoms with van der Waals surface area (Å²) in [5.74, 6) is -2.36. The molecule has 11 heavy (non-hydrogen) atoms. The van der Waals surface area contributed by atoms with Crippen molar-refractivity contribution >= 4 is 0 Å². The average molecular weight is 150 g/mol. The Kier molecular flexibility index (Phi) is 1.88. The molecule has 0 aromatic heterocycles. The zero-order valence-electron chi connectivity index (χ0n) is 5.79. The molecule has 0 heterocycles. The number of hydrogen-bond donors (Lipinski definition) is 1. The highest BCUT2D eigenvalue weighted by molar-refractivity contribution is 5.26. The molecule has 2 N–H and O–H groups in total. The molecule has 0 saturated carbocycles. The number of nitrogens with zero attached hydrogens (tertiary/aromatic N) is 1. The molecule has 0 radical (unpaired) electrons. The molecule has 56 valence electrons. The molecule has 1 aromatic carbocycles. The maximum absolute atomic E-state index is 13.0. The number of rotatable bonds is 1. The van der Waals surface area contributed by atoms with E-state index in [2.05, 4.69) is 0 Å². The molecule has 0 spiro atoms. The van der Waals surface area contributed by atoms with E-state index in [1.165, 1.54) is 18.2 Å². The molecule has 1 rings (SSSR count). The van der Waals surface area contributed by atoms with E-state index in [4.69, 9.17) is 11.0 Å². The summed E-state index contributed by atoms with van der Waals surface area (Å²) in [6.07, 6.45) is 0. The highest BCUT2D eigenvalue weighted by Gasteiger charge is 2.24. The summed E-state index contributed by atoms with van der Waals surface area (Å²) in [4.78, 5) is 0. The third-order valence-electron chi connectivity index (χ3n) is 1.36. The van der Waals surface area contributed by atoms with Gasteiger partial charge in [0.15, 0.2) is 0 Å². The molecular formula is C8H7FN2. The fourth-order valence-electron chi connectivity index (χ4n) is 0.745. The van der Waals surface area contributed by atoms with Crippen LogP contribution in [0.15, 0.2) is 30.3 Å². The Morgan fingerprint density at radius 1 is 1.36 bits per heavy atom. The third-order valence-corrected chi connectivity index (χ3v) is 1.36. The van der Waals surface area contributed by atoms with Gasteiger partial charge in [0.2, 0.25) is 0 Å². The molecule has 2 nitrogen and oxygen atoms in total. The van der Waals surface area contributed by atoms with Gasteiger partial charge in [0, 0.05) is 5.56 Å². The van der Waals surface area contributed by atoms with Crippen molar-refractivity contribution in [1.29, 1.82) is 5.26 Å². The van der Waals surface area contributed by atoms with Gasteiger partial charge in [-0.05, 0) is 0 Å². The number of benzene rings is 1. The minimum atomic E-state index is -2.36. The van der Waals surface area contributed by atoms with Crippen molar-refractivity contribution in [3.05, 3.63) is 35.9 Å². The second-order valence-electron chi connectivity index (χ2n) is 2.19. The van der Waals surface area contributed by atoms with Gasteiger partial charge >= 0.3 is 0 Å². The topological polar surface area (TPSA) is 49.8 Å². The van der Waals surface area contributed by atoms with Gasteiger partial charge in [-0.2, -0.15) is 5.26 Å². The van der Waals surface area contributed by atoms with Crippen molar-refractivity contribution in [2.24, 2.45) is 5.73 Å². The van der Waals surface area contributed by atoms with Crippen LogP contribution < -0.4 is 5.73 Å². The summed E-state index contributed by atoms with van der Waals surface area (Å²) >= 11 is 0. The Balaban J connectivity index is 3.05. The fraction of sp³-hybridized carbons (Fsp3) is 0.125. The Morgan fingerprint density at radius 2 is 1.91 bits per heavy atom. The Morgan fingerprint density at radius 3 is 2.36 bits per heavy atom. The number of halogens is 1. The lowest BCUT2D eigenvalue weighted by Gasteiger charge is -2.09. The van der Waals surface area contributed by atoms with Gasteiger partial charge in [-0.15, -0.1) is 0 Å². The van der Waals surface area contributed by atoms with Gasteiger partial charge in [-0.3, -0.25) is 5.73 Å². The number of nitrogens with two attached hydrogens (primary N) is 1. The van der Waals surface area contributed by atoms with Crippen molar-refractivity contribution in [3.63, 3.8) is 0 Å². The van der Waals surface area contributed by atoms with E-state index in [1.807, 2.05) is 0 Å². The van der Waals surface area contributed by atoms with Crippen LogP contribution in [0, 0.1) is 11.3 Å². The van der Waals surface area contributed by atoms with Crippen molar-refractivity contribution < 1.29 is 4.39 Å². The molecule has 0 aliphatic carbocycles. The standard InChI is InChI=1S/C8H7FN2/c9-8(11,6-10)7-4-2-1-3-5-7/h1-5H,11H2. The number of nitriles is 1. The summed E-state index contributed by atoms with van der Waals surface area (Å²) in [7, 11) is 0. The lowest BCUT2D eigenvalue weighted by Crippen LogP contribution is -2.28. The van der Waals surface area contributed by atoms with Gasteiger partial charge in [0.1, 0.15) is 6.07 Å². The number of alkyl halides is 1. The van der Waals surface area contributed by atoms with Crippen molar-refractivity contribution in [2.45, 2.75) is 5.79 Å². The zero-order valence-corrected chi connectivity index (χ0v) is 5.79. The highest BCUT2D eigenvalue weighted by Crippen LogP contribution is 2.17. The van der Waals surface area contributed by atoms with Crippen LogP contribution in [0.25, 0.3) is 0 Å². The molecule has 0 aliphatic rings. The Bertz CT molecular complexity index is 274. The van der Waals surface area contributed by atoms with E-state index >= 15 is 0 Å². The summed E-state index contributed by atoms with van der Waals surface area (Å²) in [6.45, 7) is 0. The molecule has 1 unspecified atom stereocenters. The zero-order chi connectivity index (χ0) is 8.32. The van der Waals surface area contributed by atoms with Crippen LogP contribution in [0.1, 0.15) is 5.56 Å². The van der Waals surface area contributed by atoms with Gasteiger partial charge in [-0.1, -0.05) is 30.3 Å². The van der Waals surface area contributed by atoms with Crippen LogP contribution in [0.3, 0.4) is 0 Å². The van der Waals surface area contributed by atoms with E-state index in [0.29, 0.717) is 0 Å². The summed E-state index contributed by atoms with van der Waals surface area (Å²) in [5, 5.41) is 8.30. The first-order chi connectivity index (χ1) is 5.17. The molecule has 0 aliphatic heterocycles.